The highest BCUT2D eigenvalue weighted by atomic mass is 16.5. The zero-order valence-electron chi connectivity index (χ0n) is 10.6. The first-order chi connectivity index (χ1) is 8.72. The van der Waals surface area contributed by atoms with Crippen LogP contribution in [0.3, 0.4) is 0 Å². The molecule has 1 aliphatic rings. The number of nitrogens with zero attached hydrogens (tertiary/aromatic N) is 1. The minimum Gasteiger partial charge on any atom is -0.465 e. The summed E-state index contributed by atoms with van der Waals surface area (Å²) in [6, 6.07) is 7.00. The molecule has 0 spiro atoms. The highest BCUT2D eigenvalue weighted by molar-refractivity contribution is 5.89. The Bertz CT molecular complexity index is 413. The Balaban J connectivity index is 2.14. The topological polar surface area (TPSA) is 49.8 Å². The average molecular weight is 249 g/mol. The molecule has 1 saturated heterocycles. The molecule has 0 amide bonds. The van der Waals surface area contributed by atoms with Crippen LogP contribution in [0.5, 0.6) is 0 Å². The van der Waals surface area contributed by atoms with Crippen LogP contribution in [-0.2, 0) is 4.74 Å². The summed E-state index contributed by atoms with van der Waals surface area (Å²) in [7, 11) is 1.36. The van der Waals surface area contributed by atoms with Gasteiger partial charge >= 0.3 is 5.97 Å². The van der Waals surface area contributed by atoms with Crippen molar-refractivity contribution in [1.82, 2.24) is 4.90 Å². The smallest absolute Gasteiger partial charge is 0.337 e. The molecule has 18 heavy (non-hydrogen) atoms. The third-order valence-electron chi connectivity index (χ3n) is 3.34. The van der Waals surface area contributed by atoms with E-state index in [0.717, 1.165) is 31.5 Å². The van der Waals surface area contributed by atoms with Crippen LogP contribution in [0, 0.1) is 0 Å². The molecule has 1 aliphatic heterocycles. The maximum absolute atomic E-state index is 11.4. The monoisotopic (exact) mass is 249 g/mol. The summed E-state index contributed by atoms with van der Waals surface area (Å²) in [4.78, 5) is 13.5. The molecule has 0 bridgehead atoms. The fourth-order valence-corrected chi connectivity index (χ4v) is 2.32. The molecule has 4 nitrogen and oxygen atoms in total. The molecule has 1 N–H and O–H groups in total. The summed E-state index contributed by atoms with van der Waals surface area (Å²) in [6.07, 6.45) is 2.84. The van der Waals surface area contributed by atoms with Crippen LogP contribution >= 0.6 is 0 Å². The van der Waals surface area contributed by atoms with Crippen LogP contribution in [0.4, 0.5) is 0 Å². The number of esters is 1. The lowest BCUT2D eigenvalue weighted by Gasteiger charge is -2.31. The zero-order chi connectivity index (χ0) is 13.0. The van der Waals surface area contributed by atoms with Gasteiger partial charge in [0.25, 0.3) is 0 Å². The number of rotatable bonds is 3. The number of hydrogen-bond donors (Lipinski definition) is 1. The molecule has 2 rings (SSSR count). The van der Waals surface area contributed by atoms with Gasteiger partial charge in [-0.15, -0.1) is 0 Å². The van der Waals surface area contributed by atoms with Gasteiger partial charge in [-0.2, -0.15) is 0 Å². The molecule has 1 aromatic carbocycles. The predicted octanol–water partition coefficient (Wildman–Crippen LogP) is 1.95. The maximum Gasteiger partial charge on any atom is 0.337 e. The Labute approximate surface area is 107 Å². The lowest BCUT2D eigenvalue weighted by Crippen LogP contribution is -2.33. The molecule has 0 aromatic heterocycles. The first kappa shape index (κ1) is 13.1. The quantitative estimate of drug-likeness (QED) is 0.832. The normalized spacial score (nSPS) is 18.3. The molecule has 1 heterocycles. The standard InChI is InChI=1S/C14H19NO3/c1-18-14(17)12-7-5-6-11(10-12)13(16)15-8-3-2-4-9-15/h5-7,10,13,16H,2-4,8-9H2,1H3. The number of aliphatic hydroxyl groups is 1. The van der Waals surface area contributed by atoms with Gasteiger partial charge in [0, 0.05) is 13.1 Å². The molecular weight excluding hydrogens is 230 g/mol. The summed E-state index contributed by atoms with van der Waals surface area (Å²) in [5, 5.41) is 10.3. The molecule has 1 aromatic rings. The number of ether oxygens (including phenoxy) is 1. The van der Waals surface area contributed by atoms with Crippen LogP contribution in [0.1, 0.15) is 41.4 Å². The van der Waals surface area contributed by atoms with Crippen molar-refractivity contribution < 1.29 is 14.6 Å². The van der Waals surface area contributed by atoms with Gasteiger partial charge in [0.15, 0.2) is 0 Å². The highest BCUT2D eigenvalue weighted by Gasteiger charge is 2.20. The molecule has 0 radical (unpaired) electrons. The summed E-state index contributed by atoms with van der Waals surface area (Å²) in [6.45, 7) is 1.81. The average Bonchev–Trinajstić information content (AvgIpc) is 2.46. The predicted molar refractivity (Wildman–Crippen MR) is 68.2 cm³/mol. The van der Waals surface area contributed by atoms with Crippen LogP contribution < -0.4 is 0 Å². The molecule has 1 fully saturated rings. The molecule has 1 atom stereocenters. The third-order valence-corrected chi connectivity index (χ3v) is 3.34. The van der Waals surface area contributed by atoms with Crippen molar-refractivity contribution in [2.45, 2.75) is 25.5 Å². The van der Waals surface area contributed by atoms with E-state index in [-0.39, 0.29) is 5.97 Å². The van der Waals surface area contributed by atoms with Crippen molar-refractivity contribution in [3.05, 3.63) is 35.4 Å². The zero-order valence-corrected chi connectivity index (χ0v) is 10.6. The minimum absolute atomic E-state index is 0.373. The van der Waals surface area contributed by atoms with E-state index in [1.807, 2.05) is 11.0 Å². The number of carbonyl (C=O) groups excluding carboxylic acids is 1. The minimum atomic E-state index is -0.630. The Hall–Kier alpha value is -1.39. The van der Waals surface area contributed by atoms with E-state index in [9.17, 15) is 9.90 Å². The first-order valence-corrected chi connectivity index (χ1v) is 6.33. The Kier molecular flexibility index (Phi) is 4.33. The number of hydrogen-bond acceptors (Lipinski definition) is 4. The van der Waals surface area contributed by atoms with Crippen molar-refractivity contribution in [2.24, 2.45) is 0 Å². The summed E-state index contributed by atoms with van der Waals surface area (Å²) in [5.41, 5.74) is 1.23. The van der Waals surface area contributed by atoms with Crippen molar-refractivity contribution in [2.75, 3.05) is 20.2 Å². The van der Waals surface area contributed by atoms with Gasteiger partial charge in [-0.25, -0.2) is 4.79 Å². The van der Waals surface area contributed by atoms with E-state index in [4.69, 9.17) is 0 Å². The molecule has 98 valence electrons. The number of methoxy groups -OCH3 is 1. The number of aliphatic hydroxyl groups excluding tert-OH is 1. The second-order valence-corrected chi connectivity index (χ2v) is 4.59. The molecule has 0 aliphatic carbocycles. The number of piperidine rings is 1. The van der Waals surface area contributed by atoms with Crippen molar-refractivity contribution in [1.29, 1.82) is 0 Å². The van der Waals surface area contributed by atoms with E-state index in [0.29, 0.717) is 5.56 Å². The summed E-state index contributed by atoms with van der Waals surface area (Å²) in [5.74, 6) is -0.373. The number of benzene rings is 1. The van der Waals surface area contributed by atoms with E-state index in [1.54, 1.807) is 18.2 Å². The summed E-state index contributed by atoms with van der Waals surface area (Å²) < 4.78 is 4.68. The molecule has 4 heteroatoms. The largest absolute Gasteiger partial charge is 0.465 e. The highest BCUT2D eigenvalue weighted by Crippen LogP contribution is 2.23. The Morgan fingerprint density at radius 3 is 2.72 bits per heavy atom. The Morgan fingerprint density at radius 2 is 2.06 bits per heavy atom. The number of carbonyl (C=O) groups is 1. The third kappa shape index (κ3) is 2.89. The Morgan fingerprint density at radius 1 is 1.33 bits per heavy atom. The van der Waals surface area contributed by atoms with E-state index >= 15 is 0 Å². The molecule has 0 saturated carbocycles. The van der Waals surface area contributed by atoms with Gasteiger partial charge in [-0.3, -0.25) is 4.90 Å². The van der Waals surface area contributed by atoms with Gasteiger partial charge in [0.05, 0.1) is 12.7 Å². The van der Waals surface area contributed by atoms with Gasteiger partial charge in [0.2, 0.25) is 0 Å². The SMILES string of the molecule is COC(=O)c1cccc(C(O)N2CCCCC2)c1. The van der Waals surface area contributed by atoms with Crippen LogP contribution in [-0.4, -0.2) is 36.2 Å². The summed E-state index contributed by atoms with van der Waals surface area (Å²) >= 11 is 0. The lowest BCUT2D eigenvalue weighted by atomic mass is 10.1. The molecular formula is C14H19NO3. The molecule has 1 unspecified atom stereocenters. The fraction of sp³-hybridized carbons (Fsp3) is 0.500. The van der Waals surface area contributed by atoms with Gasteiger partial charge in [-0.1, -0.05) is 18.6 Å². The van der Waals surface area contributed by atoms with E-state index in [2.05, 4.69) is 4.74 Å². The van der Waals surface area contributed by atoms with Crippen LogP contribution in [0.15, 0.2) is 24.3 Å². The second-order valence-electron chi connectivity index (χ2n) is 4.59. The van der Waals surface area contributed by atoms with E-state index in [1.165, 1.54) is 13.5 Å². The van der Waals surface area contributed by atoms with Crippen LogP contribution in [0.2, 0.25) is 0 Å². The maximum atomic E-state index is 11.4. The van der Waals surface area contributed by atoms with Crippen molar-refractivity contribution in [3.8, 4) is 0 Å². The van der Waals surface area contributed by atoms with Gasteiger partial charge in [-0.05, 0) is 30.5 Å². The fourth-order valence-electron chi connectivity index (χ4n) is 2.32. The van der Waals surface area contributed by atoms with Crippen molar-refractivity contribution >= 4 is 5.97 Å². The van der Waals surface area contributed by atoms with Crippen LogP contribution in [0.25, 0.3) is 0 Å². The number of likely N-dealkylation sites (tertiary alicyclic amines) is 1. The van der Waals surface area contributed by atoms with Gasteiger partial charge < -0.3 is 9.84 Å². The first-order valence-electron chi connectivity index (χ1n) is 6.33. The van der Waals surface area contributed by atoms with Crippen molar-refractivity contribution in [3.63, 3.8) is 0 Å². The second kappa shape index (κ2) is 5.98. The lowest BCUT2D eigenvalue weighted by molar-refractivity contribution is -0.00988. The van der Waals surface area contributed by atoms with Gasteiger partial charge in [0.1, 0.15) is 6.23 Å². The van der Waals surface area contributed by atoms with E-state index < -0.39 is 6.23 Å².